The number of carboxylic acid groups (broad SMARTS) is 1. The lowest BCUT2D eigenvalue weighted by Gasteiger charge is -2.11. The molecule has 0 aromatic heterocycles. The molecule has 0 unspecified atom stereocenters. The van der Waals surface area contributed by atoms with Gasteiger partial charge in [0.05, 0.1) is 11.3 Å². The minimum Gasteiger partial charge on any atom is -0.478 e. The molecular formula is C14H11BrFNO2. The van der Waals surface area contributed by atoms with E-state index in [-0.39, 0.29) is 17.9 Å². The predicted molar refractivity (Wildman–Crippen MR) is 74.8 cm³/mol. The van der Waals surface area contributed by atoms with Gasteiger partial charge in [0.1, 0.15) is 5.82 Å². The van der Waals surface area contributed by atoms with Crippen LogP contribution in [-0.2, 0) is 6.54 Å². The van der Waals surface area contributed by atoms with Crippen molar-refractivity contribution in [1.29, 1.82) is 0 Å². The van der Waals surface area contributed by atoms with Gasteiger partial charge >= 0.3 is 5.97 Å². The average molecular weight is 324 g/mol. The maximum Gasteiger partial charge on any atom is 0.338 e. The number of carboxylic acids is 1. The molecule has 0 saturated heterocycles. The van der Waals surface area contributed by atoms with Gasteiger partial charge in [0.2, 0.25) is 0 Å². The molecule has 0 heterocycles. The molecule has 0 aliphatic rings. The average Bonchev–Trinajstić information content (AvgIpc) is 2.37. The summed E-state index contributed by atoms with van der Waals surface area (Å²) in [4.78, 5) is 11.2. The third-order valence-corrected chi connectivity index (χ3v) is 3.32. The van der Waals surface area contributed by atoms with Crippen molar-refractivity contribution in [3.63, 3.8) is 0 Å². The Morgan fingerprint density at radius 1 is 1.21 bits per heavy atom. The quantitative estimate of drug-likeness (QED) is 0.897. The van der Waals surface area contributed by atoms with Crippen molar-refractivity contribution in [2.75, 3.05) is 5.32 Å². The molecule has 0 bridgehead atoms. The molecule has 2 aromatic carbocycles. The first-order valence-corrected chi connectivity index (χ1v) is 6.38. The number of rotatable bonds is 4. The van der Waals surface area contributed by atoms with Crippen LogP contribution in [0.15, 0.2) is 46.9 Å². The van der Waals surface area contributed by atoms with Crippen LogP contribution in [0.25, 0.3) is 0 Å². The van der Waals surface area contributed by atoms with E-state index in [1.807, 2.05) is 0 Å². The van der Waals surface area contributed by atoms with Gasteiger partial charge in [-0.05, 0) is 34.1 Å². The molecule has 0 aliphatic heterocycles. The molecule has 0 radical (unpaired) electrons. The third kappa shape index (κ3) is 3.12. The minimum absolute atomic E-state index is 0.138. The lowest BCUT2D eigenvalue weighted by molar-refractivity contribution is 0.0697. The Morgan fingerprint density at radius 2 is 1.95 bits per heavy atom. The number of halogens is 2. The largest absolute Gasteiger partial charge is 0.478 e. The number of hydrogen-bond acceptors (Lipinski definition) is 2. The molecule has 2 N–H and O–H groups in total. The van der Waals surface area contributed by atoms with E-state index in [1.54, 1.807) is 36.4 Å². The van der Waals surface area contributed by atoms with Crippen molar-refractivity contribution in [2.24, 2.45) is 0 Å². The van der Waals surface area contributed by atoms with Crippen molar-refractivity contribution >= 4 is 27.6 Å². The zero-order chi connectivity index (χ0) is 13.8. The molecule has 19 heavy (non-hydrogen) atoms. The second-order valence-electron chi connectivity index (χ2n) is 3.91. The first kappa shape index (κ1) is 13.5. The first-order valence-electron chi connectivity index (χ1n) is 5.58. The zero-order valence-corrected chi connectivity index (χ0v) is 11.4. The van der Waals surface area contributed by atoms with Crippen LogP contribution < -0.4 is 5.32 Å². The molecule has 5 heteroatoms. The van der Waals surface area contributed by atoms with Crippen LogP contribution in [0.5, 0.6) is 0 Å². The van der Waals surface area contributed by atoms with Gasteiger partial charge < -0.3 is 10.4 Å². The van der Waals surface area contributed by atoms with E-state index >= 15 is 0 Å². The summed E-state index contributed by atoms with van der Waals surface area (Å²) in [5.41, 5.74) is 1.07. The molecule has 0 amide bonds. The van der Waals surface area contributed by atoms with Crippen LogP contribution in [0.3, 0.4) is 0 Å². The Morgan fingerprint density at radius 3 is 2.63 bits per heavy atom. The van der Waals surface area contributed by atoms with Gasteiger partial charge in [-0.3, -0.25) is 0 Å². The predicted octanol–water partition coefficient (Wildman–Crippen LogP) is 3.90. The van der Waals surface area contributed by atoms with Gasteiger partial charge in [-0.25, -0.2) is 9.18 Å². The molecule has 2 aromatic rings. The second kappa shape index (κ2) is 5.84. The summed E-state index contributed by atoms with van der Waals surface area (Å²) >= 11 is 3.19. The highest BCUT2D eigenvalue weighted by Gasteiger charge is 2.13. The standard InChI is InChI=1S/C14H11BrFNO2/c15-10-5-3-7-12(13(10)14(18)19)17-8-9-4-1-2-6-11(9)16/h1-7,17H,8H2,(H,18,19). The Hall–Kier alpha value is -1.88. The van der Waals surface area contributed by atoms with Crippen molar-refractivity contribution in [1.82, 2.24) is 0 Å². The summed E-state index contributed by atoms with van der Waals surface area (Å²) in [5.74, 6) is -1.36. The molecule has 2 rings (SSSR count). The molecule has 0 aliphatic carbocycles. The van der Waals surface area contributed by atoms with Gasteiger partial charge in [-0.1, -0.05) is 24.3 Å². The number of carbonyl (C=O) groups is 1. The van der Waals surface area contributed by atoms with Crippen molar-refractivity contribution in [2.45, 2.75) is 6.54 Å². The van der Waals surface area contributed by atoms with Gasteiger partial charge in [0, 0.05) is 16.6 Å². The van der Waals surface area contributed by atoms with Gasteiger partial charge in [-0.15, -0.1) is 0 Å². The van der Waals surface area contributed by atoms with Crippen LogP contribution in [0, 0.1) is 5.82 Å². The van der Waals surface area contributed by atoms with Crippen LogP contribution in [-0.4, -0.2) is 11.1 Å². The highest BCUT2D eigenvalue weighted by Crippen LogP contribution is 2.25. The smallest absolute Gasteiger partial charge is 0.338 e. The zero-order valence-electron chi connectivity index (χ0n) is 9.86. The summed E-state index contributed by atoms with van der Waals surface area (Å²) < 4.78 is 13.9. The summed E-state index contributed by atoms with van der Waals surface area (Å²) in [5, 5.41) is 12.1. The fraction of sp³-hybridized carbons (Fsp3) is 0.0714. The third-order valence-electron chi connectivity index (χ3n) is 2.65. The van der Waals surface area contributed by atoms with Crippen LogP contribution in [0.2, 0.25) is 0 Å². The molecule has 0 fully saturated rings. The van der Waals surface area contributed by atoms with Gasteiger partial charge in [-0.2, -0.15) is 0 Å². The van der Waals surface area contributed by atoms with E-state index in [9.17, 15) is 9.18 Å². The molecule has 98 valence electrons. The van der Waals surface area contributed by atoms with Crippen LogP contribution in [0.1, 0.15) is 15.9 Å². The molecule has 0 saturated carbocycles. The lowest BCUT2D eigenvalue weighted by atomic mass is 10.1. The summed E-state index contributed by atoms with van der Waals surface area (Å²) in [6, 6.07) is 11.4. The van der Waals surface area contributed by atoms with E-state index in [0.717, 1.165) is 0 Å². The maximum atomic E-state index is 13.5. The summed E-state index contributed by atoms with van der Waals surface area (Å²) in [6.45, 7) is 0.226. The monoisotopic (exact) mass is 323 g/mol. The van der Waals surface area contributed by atoms with E-state index in [1.165, 1.54) is 6.07 Å². The van der Waals surface area contributed by atoms with Gasteiger partial charge in [0.25, 0.3) is 0 Å². The summed E-state index contributed by atoms with van der Waals surface area (Å²) in [7, 11) is 0. The van der Waals surface area contributed by atoms with Crippen LogP contribution in [0.4, 0.5) is 10.1 Å². The van der Waals surface area contributed by atoms with E-state index < -0.39 is 5.97 Å². The molecule has 0 atom stereocenters. The topological polar surface area (TPSA) is 49.3 Å². The fourth-order valence-corrected chi connectivity index (χ4v) is 2.26. The lowest BCUT2D eigenvalue weighted by Crippen LogP contribution is -2.08. The molecule has 0 spiro atoms. The van der Waals surface area contributed by atoms with Crippen molar-refractivity contribution < 1.29 is 14.3 Å². The number of anilines is 1. The van der Waals surface area contributed by atoms with Crippen LogP contribution >= 0.6 is 15.9 Å². The Bertz CT molecular complexity index is 616. The number of nitrogens with one attached hydrogen (secondary N) is 1. The maximum absolute atomic E-state index is 13.5. The highest BCUT2D eigenvalue weighted by molar-refractivity contribution is 9.10. The molecular weight excluding hydrogens is 313 g/mol. The van der Waals surface area contributed by atoms with E-state index in [4.69, 9.17) is 5.11 Å². The normalized spacial score (nSPS) is 10.2. The van der Waals surface area contributed by atoms with E-state index in [2.05, 4.69) is 21.2 Å². The number of aromatic carboxylic acids is 1. The highest BCUT2D eigenvalue weighted by atomic mass is 79.9. The first-order chi connectivity index (χ1) is 9.09. The van der Waals surface area contributed by atoms with Crippen molar-refractivity contribution in [3.8, 4) is 0 Å². The van der Waals surface area contributed by atoms with Crippen molar-refractivity contribution in [3.05, 3.63) is 63.9 Å². The van der Waals surface area contributed by atoms with Gasteiger partial charge in [0.15, 0.2) is 0 Å². The molecule has 3 nitrogen and oxygen atoms in total. The van der Waals surface area contributed by atoms with E-state index in [0.29, 0.717) is 15.7 Å². The fourth-order valence-electron chi connectivity index (χ4n) is 1.72. The SMILES string of the molecule is O=C(O)c1c(Br)cccc1NCc1ccccc1F. The summed E-state index contributed by atoms with van der Waals surface area (Å²) in [6.07, 6.45) is 0. The number of benzene rings is 2. The Kier molecular flexibility index (Phi) is 4.16. The number of hydrogen-bond donors (Lipinski definition) is 2. The minimum atomic E-state index is -1.04. The Labute approximate surface area is 118 Å². The second-order valence-corrected chi connectivity index (χ2v) is 4.77. The Balaban J connectivity index is 2.23.